The van der Waals surface area contributed by atoms with E-state index in [1.54, 1.807) is 0 Å². The molecule has 1 saturated heterocycles. The zero-order chi connectivity index (χ0) is 12.5. The lowest BCUT2D eigenvalue weighted by Gasteiger charge is -2.23. The lowest BCUT2D eigenvalue weighted by atomic mass is 9.98. The predicted molar refractivity (Wildman–Crippen MR) is 64.4 cm³/mol. The second-order valence-corrected chi connectivity index (χ2v) is 5.19. The van der Waals surface area contributed by atoms with E-state index in [1.165, 1.54) is 5.69 Å². The smallest absolute Gasteiger partial charge is 0.308 e. The summed E-state index contributed by atoms with van der Waals surface area (Å²) in [5, 5.41) is 9.12. The van der Waals surface area contributed by atoms with Crippen LogP contribution < -0.4 is 0 Å². The third kappa shape index (κ3) is 2.14. The zero-order valence-corrected chi connectivity index (χ0v) is 10.3. The number of fused-ring (bicyclic) bond motifs is 1. The number of hydrogen-bond donors (Lipinski definition) is 1. The van der Waals surface area contributed by atoms with Gasteiger partial charge in [0.05, 0.1) is 12.0 Å². The highest BCUT2D eigenvalue weighted by molar-refractivity contribution is 5.70. The highest BCUT2D eigenvalue weighted by atomic mass is 16.5. The van der Waals surface area contributed by atoms with Gasteiger partial charge >= 0.3 is 5.97 Å². The molecule has 0 aliphatic carbocycles. The molecule has 3 rings (SSSR count). The quantitative estimate of drug-likeness (QED) is 0.877. The maximum absolute atomic E-state index is 11.1. The number of ether oxygens (including phenoxy) is 1. The number of rotatable bonds is 3. The molecule has 0 saturated carbocycles. The van der Waals surface area contributed by atoms with Gasteiger partial charge in [-0.3, -0.25) is 4.79 Å². The summed E-state index contributed by atoms with van der Waals surface area (Å²) in [5.41, 5.74) is 1.17. The minimum absolute atomic E-state index is 0.265. The van der Waals surface area contributed by atoms with Gasteiger partial charge in [-0.25, -0.2) is 4.98 Å². The van der Waals surface area contributed by atoms with Crippen molar-refractivity contribution in [3.05, 3.63) is 17.7 Å². The molecular formula is C13H18N2O3. The molecule has 1 fully saturated rings. The average molecular weight is 250 g/mol. The van der Waals surface area contributed by atoms with Crippen molar-refractivity contribution in [3.63, 3.8) is 0 Å². The van der Waals surface area contributed by atoms with Crippen LogP contribution in [0.1, 0.15) is 30.8 Å². The number of aliphatic carboxylic acids is 1. The van der Waals surface area contributed by atoms with Gasteiger partial charge in [-0.1, -0.05) is 0 Å². The number of imidazole rings is 1. The third-order valence-corrected chi connectivity index (χ3v) is 3.96. The van der Waals surface area contributed by atoms with E-state index in [1.807, 2.05) is 6.20 Å². The molecule has 2 unspecified atom stereocenters. The SMILES string of the molecule is O=C(O)C1CCc2cnc(CC3CCCO3)n2C1. The van der Waals surface area contributed by atoms with Gasteiger partial charge in [-0.2, -0.15) is 0 Å². The van der Waals surface area contributed by atoms with E-state index < -0.39 is 5.97 Å². The first-order valence-electron chi connectivity index (χ1n) is 6.61. The van der Waals surface area contributed by atoms with Crippen LogP contribution in [0.15, 0.2) is 6.20 Å². The summed E-state index contributed by atoms with van der Waals surface area (Å²) in [5.74, 6) is 0.0233. The third-order valence-electron chi connectivity index (χ3n) is 3.96. The Morgan fingerprint density at radius 2 is 2.44 bits per heavy atom. The summed E-state index contributed by atoms with van der Waals surface area (Å²) in [4.78, 5) is 15.5. The highest BCUT2D eigenvalue weighted by Crippen LogP contribution is 2.24. The van der Waals surface area contributed by atoms with Crippen LogP contribution in [0.2, 0.25) is 0 Å². The van der Waals surface area contributed by atoms with Crippen molar-refractivity contribution >= 4 is 5.97 Å². The van der Waals surface area contributed by atoms with Crippen molar-refractivity contribution in [1.29, 1.82) is 0 Å². The maximum atomic E-state index is 11.1. The summed E-state index contributed by atoms with van der Waals surface area (Å²) in [6.45, 7) is 1.41. The van der Waals surface area contributed by atoms with E-state index in [2.05, 4.69) is 9.55 Å². The molecule has 0 spiro atoms. The lowest BCUT2D eigenvalue weighted by molar-refractivity contribution is -0.142. The van der Waals surface area contributed by atoms with E-state index >= 15 is 0 Å². The number of carboxylic acid groups (broad SMARTS) is 1. The number of carboxylic acids is 1. The van der Waals surface area contributed by atoms with Crippen LogP contribution in [0.3, 0.4) is 0 Å². The molecule has 0 amide bonds. The number of aromatic nitrogens is 2. The first kappa shape index (κ1) is 11.7. The summed E-state index contributed by atoms with van der Waals surface area (Å²) in [6.07, 6.45) is 6.71. The van der Waals surface area contributed by atoms with Gasteiger partial charge in [0.25, 0.3) is 0 Å². The molecule has 0 bridgehead atoms. The van der Waals surface area contributed by atoms with Crippen LogP contribution in [-0.2, 0) is 28.9 Å². The molecular weight excluding hydrogens is 232 g/mol. The molecule has 5 nitrogen and oxygen atoms in total. The summed E-state index contributed by atoms with van der Waals surface area (Å²) in [7, 11) is 0. The Morgan fingerprint density at radius 3 is 3.17 bits per heavy atom. The second-order valence-electron chi connectivity index (χ2n) is 5.19. The van der Waals surface area contributed by atoms with Crippen molar-refractivity contribution in [1.82, 2.24) is 9.55 Å². The molecule has 5 heteroatoms. The fourth-order valence-corrected chi connectivity index (χ4v) is 2.88. The van der Waals surface area contributed by atoms with Crippen LogP contribution in [0, 0.1) is 5.92 Å². The summed E-state index contributed by atoms with van der Waals surface area (Å²) >= 11 is 0. The summed E-state index contributed by atoms with van der Waals surface area (Å²) in [6, 6.07) is 0. The van der Waals surface area contributed by atoms with Crippen LogP contribution in [0.5, 0.6) is 0 Å². The van der Waals surface area contributed by atoms with Gasteiger partial charge in [0.1, 0.15) is 5.82 Å². The highest BCUT2D eigenvalue weighted by Gasteiger charge is 2.27. The number of carbonyl (C=O) groups is 1. The normalized spacial score (nSPS) is 27.1. The molecule has 98 valence electrons. The topological polar surface area (TPSA) is 64.3 Å². The molecule has 3 heterocycles. The Hall–Kier alpha value is -1.36. The molecule has 18 heavy (non-hydrogen) atoms. The zero-order valence-electron chi connectivity index (χ0n) is 10.3. The second kappa shape index (κ2) is 4.72. The largest absolute Gasteiger partial charge is 0.481 e. The van der Waals surface area contributed by atoms with Crippen LogP contribution in [0.25, 0.3) is 0 Å². The monoisotopic (exact) mass is 250 g/mol. The van der Waals surface area contributed by atoms with Gasteiger partial charge < -0.3 is 14.4 Å². The molecule has 0 aromatic carbocycles. The molecule has 2 aliphatic heterocycles. The molecule has 2 aliphatic rings. The Bertz CT molecular complexity index is 449. The predicted octanol–water partition coefficient (Wildman–Crippen LogP) is 1.25. The van der Waals surface area contributed by atoms with Crippen molar-refractivity contribution < 1.29 is 14.6 Å². The first-order valence-corrected chi connectivity index (χ1v) is 6.61. The van der Waals surface area contributed by atoms with Crippen molar-refractivity contribution in [2.45, 2.75) is 44.8 Å². The fraction of sp³-hybridized carbons (Fsp3) is 0.692. The van der Waals surface area contributed by atoms with Crippen LogP contribution in [-0.4, -0.2) is 33.3 Å². The minimum atomic E-state index is -0.697. The maximum Gasteiger partial charge on any atom is 0.308 e. The van der Waals surface area contributed by atoms with E-state index in [0.717, 1.165) is 44.5 Å². The molecule has 0 radical (unpaired) electrons. The van der Waals surface area contributed by atoms with E-state index in [9.17, 15) is 4.79 Å². The van der Waals surface area contributed by atoms with Gasteiger partial charge in [0.2, 0.25) is 0 Å². The Kier molecular flexibility index (Phi) is 3.07. The van der Waals surface area contributed by atoms with Crippen molar-refractivity contribution in [3.8, 4) is 0 Å². The Morgan fingerprint density at radius 1 is 1.56 bits per heavy atom. The average Bonchev–Trinajstić information content (AvgIpc) is 2.99. The first-order chi connectivity index (χ1) is 8.74. The van der Waals surface area contributed by atoms with Gasteiger partial charge in [-0.05, 0) is 25.7 Å². The van der Waals surface area contributed by atoms with E-state index in [4.69, 9.17) is 9.84 Å². The van der Waals surface area contributed by atoms with Gasteiger partial charge in [0.15, 0.2) is 0 Å². The van der Waals surface area contributed by atoms with Crippen molar-refractivity contribution in [2.24, 2.45) is 5.92 Å². The standard InChI is InChI=1S/C13H18N2O3/c16-13(17)9-3-4-10-7-14-12(15(10)8-9)6-11-2-1-5-18-11/h7,9,11H,1-6,8H2,(H,16,17). The van der Waals surface area contributed by atoms with Gasteiger partial charge in [-0.15, -0.1) is 0 Å². The molecule has 2 atom stereocenters. The Labute approximate surface area is 106 Å². The van der Waals surface area contributed by atoms with E-state index in [0.29, 0.717) is 6.54 Å². The fourth-order valence-electron chi connectivity index (χ4n) is 2.88. The van der Waals surface area contributed by atoms with E-state index in [-0.39, 0.29) is 12.0 Å². The van der Waals surface area contributed by atoms with Crippen LogP contribution >= 0.6 is 0 Å². The summed E-state index contributed by atoms with van der Waals surface area (Å²) < 4.78 is 7.71. The molecule has 1 aromatic rings. The number of nitrogens with zero attached hydrogens (tertiary/aromatic N) is 2. The van der Waals surface area contributed by atoms with Crippen molar-refractivity contribution in [2.75, 3.05) is 6.61 Å². The van der Waals surface area contributed by atoms with Crippen LogP contribution in [0.4, 0.5) is 0 Å². The number of aryl methyl sites for hydroxylation is 1. The lowest BCUT2D eigenvalue weighted by Crippen LogP contribution is -2.28. The minimum Gasteiger partial charge on any atom is -0.481 e. The molecule has 1 aromatic heterocycles. The van der Waals surface area contributed by atoms with Gasteiger partial charge in [0, 0.05) is 31.5 Å². The Balaban J connectivity index is 1.76. The molecule has 1 N–H and O–H groups in total. The number of hydrogen-bond acceptors (Lipinski definition) is 3.